The summed E-state index contributed by atoms with van der Waals surface area (Å²) in [6, 6.07) is 2.39. The summed E-state index contributed by atoms with van der Waals surface area (Å²) in [5.74, 6) is 0.726. The van der Waals surface area contributed by atoms with Gasteiger partial charge in [-0.05, 0) is 38.9 Å². The van der Waals surface area contributed by atoms with Crippen LogP contribution in [0.5, 0.6) is 0 Å². The van der Waals surface area contributed by atoms with E-state index >= 15 is 0 Å². The van der Waals surface area contributed by atoms with Crippen LogP contribution in [0.2, 0.25) is 0 Å². The minimum absolute atomic E-state index is 0.566. The fourth-order valence-corrected chi connectivity index (χ4v) is 1.94. The van der Waals surface area contributed by atoms with Gasteiger partial charge in [0, 0.05) is 25.0 Å². The second-order valence-corrected chi connectivity index (χ2v) is 4.05. The summed E-state index contributed by atoms with van der Waals surface area (Å²) in [5, 5.41) is 3.26. The maximum atomic E-state index is 4.14. The molecule has 0 bridgehead atoms. The summed E-state index contributed by atoms with van der Waals surface area (Å²) in [6.07, 6.45) is 6.20. The smallest absolute Gasteiger partial charge is 0.222 e. The average Bonchev–Trinajstić information content (AvgIpc) is 2.81. The molecule has 0 amide bonds. The Labute approximate surface area is 90.7 Å². The molecule has 1 saturated heterocycles. The second-order valence-electron chi connectivity index (χ2n) is 4.05. The monoisotopic (exact) mass is 206 g/mol. The molecule has 82 valence electrons. The Kier molecular flexibility index (Phi) is 3.50. The normalized spacial score (nSPS) is 19.0. The van der Waals surface area contributed by atoms with Crippen LogP contribution in [0.15, 0.2) is 18.5 Å². The molecule has 1 unspecified atom stereocenters. The van der Waals surface area contributed by atoms with Gasteiger partial charge in [0.2, 0.25) is 5.95 Å². The average molecular weight is 206 g/mol. The molecule has 0 aliphatic carbocycles. The van der Waals surface area contributed by atoms with E-state index in [0.29, 0.717) is 6.04 Å². The lowest BCUT2D eigenvalue weighted by Crippen LogP contribution is -2.35. The van der Waals surface area contributed by atoms with Crippen LogP contribution >= 0.6 is 0 Å². The van der Waals surface area contributed by atoms with Gasteiger partial charge in [-0.25, -0.2) is 9.97 Å². The summed E-state index contributed by atoms with van der Waals surface area (Å²) in [6.45, 7) is 5.64. The van der Waals surface area contributed by atoms with E-state index in [4.69, 9.17) is 0 Å². The molecule has 0 saturated carbocycles. The molecule has 1 N–H and O–H groups in total. The Hall–Kier alpha value is -1.16. The Morgan fingerprint density at radius 2 is 2.00 bits per heavy atom. The van der Waals surface area contributed by atoms with Crippen molar-refractivity contribution in [2.45, 2.75) is 25.8 Å². The number of anilines is 1. The molecule has 1 aromatic heterocycles. The highest BCUT2D eigenvalue weighted by Crippen LogP contribution is 2.11. The van der Waals surface area contributed by atoms with Crippen molar-refractivity contribution < 1.29 is 0 Å². The number of rotatable bonds is 4. The van der Waals surface area contributed by atoms with Crippen LogP contribution in [0.4, 0.5) is 5.95 Å². The van der Waals surface area contributed by atoms with Crippen LogP contribution in [0, 0.1) is 0 Å². The molecule has 4 heteroatoms. The largest absolute Gasteiger partial charge is 0.353 e. The van der Waals surface area contributed by atoms with E-state index in [9.17, 15) is 0 Å². The maximum Gasteiger partial charge on any atom is 0.222 e. The van der Waals surface area contributed by atoms with Crippen molar-refractivity contribution in [2.24, 2.45) is 0 Å². The minimum atomic E-state index is 0.566. The molecule has 1 atom stereocenters. The number of aromatic nitrogens is 2. The first kappa shape index (κ1) is 10.4. The van der Waals surface area contributed by atoms with Crippen molar-refractivity contribution in [3.8, 4) is 0 Å². The summed E-state index contributed by atoms with van der Waals surface area (Å²) in [5.41, 5.74) is 0. The zero-order chi connectivity index (χ0) is 10.5. The first-order chi connectivity index (χ1) is 7.36. The van der Waals surface area contributed by atoms with Gasteiger partial charge in [-0.1, -0.05) is 0 Å². The van der Waals surface area contributed by atoms with Crippen molar-refractivity contribution in [1.29, 1.82) is 0 Å². The van der Waals surface area contributed by atoms with Gasteiger partial charge < -0.3 is 5.32 Å². The molecule has 1 aromatic rings. The van der Waals surface area contributed by atoms with Gasteiger partial charge in [0.25, 0.3) is 0 Å². The van der Waals surface area contributed by atoms with Gasteiger partial charge in [0.05, 0.1) is 0 Å². The van der Waals surface area contributed by atoms with E-state index in [1.54, 1.807) is 12.4 Å². The molecule has 2 rings (SSSR count). The number of hydrogen-bond acceptors (Lipinski definition) is 4. The van der Waals surface area contributed by atoms with Crippen molar-refractivity contribution >= 4 is 5.95 Å². The molecular weight excluding hydrogens is 188 g/mol. The highest BCUT2D eigenvalue weighted by Gasteiger charge is 2.17. The molecule has 1 fully saturated rings. The molecule has 1 aliphatic heterocycles. The minimum Gasteiger partial charge on any atom is -0.353 e. The molecule has 15 heavy (non-hydrogen) atoms. The third-order valence-electron chi connectivity index (χ3n) is 2.89. The van der Waals surface area contributed by atoms with Crippen LogP contribution < -0.4 is 5.32 Å². The summed E-state index contributed by atoms with van der Waals surface area (Å²) < 4.78 is 0. The Bertz CT molecular complexity index is 282. The van der Waals surface area contributed by atoms with E-state index in [0.717, 1.165) is 12.5 Å². The molecule has 0 spiro atoms. The Balaban J connectivity index is 1.77. The van der Waals surface area contributed by atoms with Gasteiger partial charge in [-0.3, -0.25) is 4.90 Å². The van der Waals surface area contributed by atoms with Crippen molar-refractivity contribution in [3.63, 3.8) is 0 Å². The van der Waals surface area contributed by atoms with Crippen LogP contribution in [0.3, 0.4) is 0 Å². The predicted molar refractivity (Wildman–Crippen MR) is 60.8 cm³/mol. The first-order valence-corrected chi connectivity index (χ1v) is 5.61. The highest BCUT2D eigenvalue weighted by molar-refractivity contribution is 5.22. The van der Waals surface area contributed by atoms with E-state index in [2.05, 4.69) is 27.1 Å². The van der Waals surface area contributed by atoms with E-state index in [1.165, 1.54) is 25.9 Å². The third-order valence-corrected chi connectivity index (χ3v) is 2.89. The lowest BCUT2D eigenvalue weighted by molar-refractivity contribution is 0.269. The number of nitrogens with zero attached hydrogens (tertiary/aromatic N) is 3. The number of likely N-dealkylation sites (tertiary alicyclic amines) is 1. The van der Waals surface area contributed by atoms with Crippen LogP contribution in [-0.2, 0) is 0 Å². The standard InChI is InChI=1S/C11H18N4/c1-10(15-7-2-3-8-15)9-14-11-12-5-4-6-13-11/h4-6,10H,2-3,7-9H2,1H3,(H,12,13,14). The third kappa shape index (κ3) is 2.89. The predicted octanol–water partition coefficient (Wildman–Crippen LogP) is 1.37. The fraction of sp³-hybridized carbons (Fsp3) is 0.636. The van der Waals surface area contributed by atoms with Gasteiger partial charge in [0.15, 0.2) is 0 Å². The van der Waals surface area contributed by atoms with Crippen molar-refractivity contribution in [2.75, 3.05) is 25.0 Å². The topological polar surface area (TPSA) is 41.1 Å². The Morgan fingerprint density at radius 1 is 1.33 bits per heavy atom. The summed E-state index contributed by atoms with van der Waals surface area (Å²) in [7, 11) is 0. The maximum absolute atomic E-state index is 4.14. The quantitative estimate of drug-likeness (QED) is 0.808. The van der Waals surface area contributed by atoms with E-state index in [1.807, 2.05) is 6.07 Å². The van der Waals surface area contributed by atoms with Crippen molar-refractivity contribution in [3.05, 3.63) is 18.5 Å². The zero-order valence-corrected chi connectivity index (χ0v) is 9.19. The second kappa shape index (κ2) is 5.07. The Morgan fingerprint density at radius 3 is 2.67 bits per heavy atom. The lowest BCUT2D eigenvalue weighted by Gasteiger charge is -2.23. The van der Waals surface area contributed by atoms with Gasteiger partial charge in [-0.2, -0.15) is 0 Å². The van der Waals surface area contributed by atoms with Gasteiger partial charge >= 0.3 is 0 Å². The SMILES string of the molecule is CC(CNc1ncccn1)N1CCCC1. The van der Waals surface area contributed by atoms with Crippen molar-refractivity contribution in [1.82, 2.24) is 14.9 Å². The van der Waals surface area contributed by atoms with Gasteiger partial charge in [0.1, 0.15) is 0 Å². The van der Waals surface area contributed by atoms with Crippen LogP contribution in [0.1, 0.15) is 19.8 Å². The summed E-state index contributed by atoms with van der Waals surface area (Å²) in [4.78, 5) is 10.8. The molecule has 0 radical (unpaired) electrons. The molecule has 1 aliphatic rings. The van der Waals surface area contributed by atoms with Gasteiger partial charge in [-0.15, -0.1) is 0 Å². The molecule has 2 heterocycles. The van der Waals surface area contributed by atoms with Crippen LogP contribution in [0.25, 0.3) is 0 Å². The lowest BCUT2D eigenvalue weighted by atomic mass is 10.3. The molecule has 4 nitrogen and oxygen atoms in total. The molecular formula is C11H18N4. The highest BCUT2D eigenvalue weighted by atomic mass is 15.2. The fourth-order valence-electron chi connectivity index (χ4n) is 1.94. The summed E-state index contributed by atoms with van der Waals surface area (Å²) >= 11 is 0. The number of nitrogens with one attached hydrogen (secondary N) is 1. The first-order valence-electron chi connectivity index (χ1n) is 5.61. The van der Waals surface area contributed by atoms with E-state index in [-0.39, 0.29) is 0 Å². The van der Waals surface area contributed by atoms with Crippen LogP contribution in [-0.4, -0.2) is 40.5 Å². The van der Waals surface area contributed by atoms with E-state index < -0.39 is 0 Å². The zero-order valence-electron chi connectivity index (χ0n) is 9.19. The number of hydrogen-bond donors (Lipinski definition) is 1. The molecule has 0 aromatic carbocycles.